The first-order valence-electron chi connectivity index (χ1n) is 24.1. The quantitative estimate of drug-likeness (QED) is 0.0356. The predicted octanol–water partition coefficient (Wildman–Crippen LogP) is 17.9. The lowest BCUT2D eigenvalue weighted by atomic mass is 10.0. The van der Waals surface area contributed by atoms with Crippen molar-refractivity contribution in [3.05, 3.63) is 12.2 Å². The summed E-state index contributed by atoms with van der Waals surface area (Å²) in [5.41, 5.74) is 0. The van der Waals surface area contributed by atoms with Crippen LogP contribution in [0.4, 0.5) is 0 Å². The van der Waals surface area contributed by atoms with Gasteiger partial charge in [0.1, 0.15) is 0 Å². The fourth-order valence-corrected chi connectivity index (χ4v) is 7.55. The van der Waals surface area contributed by atoms with Crippen LogP contribution < -0.4 is 0 Å². The molecule has 0 unspecified atom stereocenters. The van der Waals surface area contributed by atoms with Crippen LogP contribution in [0.5, 0.6) is 0 Å². The third-order valence-electron chi connectivity index (χ3n) is 11.2. The second-order valence-corrected chi connectivity index (χ2v) is 16.5. The summed E-state index contributed by atoms with van der Waals surface area (Å²) in [4.78, 5) is 12.0. The summed E-state index contributed by atoms with van der Waals surface area (Å²) in [5, 5.41) is 0. The lowest BCUT2D eigenvalue weighted by molar-refractivity contribution is -0.143. The first-order chi connectivity index (χ1) is 25.3. The van der Waals surface area contributed by atoms with Crippen LogP contribution in [0.25, 0.3) is 0 Å². The number of esters is 1. The molecule has 0 spiro atoms. The first kappa shape index (κ1) is 50.2. The molecule has 0 amide bonds. The first-order valence-corrected chi connectivity index (χ1v) is 24.1. The minimum Gasteiger partial charge on any atom is -0.466 e. The summed E-state index contributed by atoms with van der Waals surface area (Å²) < 4.78 is 5.47. The molecule has 2 nitrogen and oxygen atoms in total. The summed E-state index contributed by atoms with van der Waals surface area (Å²) in [6.07, 6.45) is 63.5. The molecule has 0 aromatic rings. The molecule has 0 aliphatic rings. The maximum absolute atomic E-state index is 12.0. The third kappa shape index (κ3) is 47.2. The lowest BCUT2D eigenvalue weighted by Gasteiger charge is -2.06. The SMILES string of the molecule is CCCCCC/C=C\CCCCCCCC(=O)OCCCCCCCCCCCCCCCCCCCCCCCCCCCCCCCCC. The van der Waals surface area contributed by atoms with Crippen molar-refractivity contribution in [1.29, 1.82) is 0 Å². The van der Waals surface area contributed by atoms with Gasteiger partial charge in [0.2, 0.25) is 0 Å². The van der Waals surface area contributed by atoms with Gasteiger partial charge in [-0.15, -0.1) is 0 Å². The highest BCUT2D eigenvalue weighted by atomic mass is 16.5. The molecule has 0 N–H and O–H groups in total. The molecule has 0 aliphatic heterocycles. The minimum atomic E-state index is 0.0200. The monoisotopic (exact) mass is 717 g/mol. The molecular formula is C49H96O2. The van der Waals surface area contributed by atoms with E-state index in [1.165, 1.54) is 250 Å². The van der Waals surface area contributed by atoms with Gasteiger partial charge in [-0.2, -0.15) is 0 Å². The Morgan fingerprint density at radius 3 is 0.863 bits per heavy atom. The van der Waals surface area contributed by atoms with Crippen LogP contribution in [0.15, 0.2) is 12.2 Å². The number of ether oxygens (including phenoxy) is 1. The van der Waals surface area contributed by atoms with E-state index in [0.29, 0.717) is 13.0 Å². The van der Waals surface area contributed by atoms with Crippen molar-refractivity contribution >= 4 is 5.97 Å². The average Bonchev–Trinajstić information content (AvgIpc) is 3.14. The van der Waals surface area contributed by atoms with E-state index >= 15 is 0 Å². The van der Waals surface area contributed by atoms with Gasteiger partial charge in [-0.25, -0.2) is 0 Å². The smallest absolute Gasteiger partial charge is 0.305 e. The molecule has 0 heterocycles. The Morgan fingerprint density at radius 2 is 0.549 bits per heavy atom. The molecule has 0 aromatic heterocycles. The van der Waals surface area contributed by atoms with Crippen molar-refractivity contribution in [3.8, 4) is 0 Å². The van der Waals surface area contributed by atoms with Gasteiger partial charge < -0.3 is 4.74 Å². The van der Waals surface area contributed by atoms with E-state index in [4.69, 9.17) is 4.74 Å². The van der Waals surface area contributed by atoms with E-state index in [9.17, 15) is 4.79 Å². The van der Waals surface area contributed by atoms with Crippen molar-refractivity contribution in [2.75, 3.05) is 6.61 Å². The van der Waals surface area contributed by atoms with Gasteiger partial charge in [-0.05, 0) is 38.5 Å². The van der Waals surface area contributed by atoms with Gasteiger partial charge in [-0.1, -0.05) is 257 Å². The number of hydrogen-bond acceptors (Lipinski definition) is 2. The molecule has 0 bridgehead atoms. The summed E-state index contributed by atoms with van der Waals surface area (Å²) in [7, 11) is 0. The summed E-state index contributed by atoms with van der Waals surface area (Å²) in [5.74, 6) is 0.0200. The van der Waals surface area contributed by atoms with Crippen LogP contribution in [0.2, 0.25) is 0 Å². The molecule has 51 heavy (non-hydrogen) atoms. The van der Waals surface area contributed by atoms with Gasteiger partial charge in [-0.3, -0.25) is 4.79 Å². The van der Waals surface area contributed by atoms with Gasteiger partial charge in [0.25, 0.3) is 0 Å². The van der Waals surface area contributed by atoms with Crippen LogP contribution in [-0.2, 0) is 9.53 Å². The number of unbranched alkanes of at least 4 members (excludes halogenated alkanes) is 39. The second kappa shape index (κ2) is 47.2. The van der Waals surface area contributed by atoms with Crippen LogP contribution in [0, 0.1) is 0 Å². The van der Waals surface area contributed by atoms with Crippen molar-refractivity contribution < 1.29 is 9.53 Å². The minimum absolute atomic E-state index is 0.0200. The van der Waals surface area contributed by atoms with Crippen LogP contribution in [0.3, 0.4) is 0 Å². The molecule has 0 saturated heterocycles. The van der Waals surface area contributed by atoms with Gasteiger partial charge in [0, 0.05) is 6.42 Å². The Hall–Kier alpha value is -0.790. The Balaban J connectivity index is 3.14. The highest BCUT2D eigenvalue weighted by Gasteiger charge is 2.03. The van der Waals surface area contributed by atoms with Gasteiger partial charge in [0.15, 0.2) is 0 Å². The average molecular weight is 717 g/mol. The molecule has 304 valence electrons. The molecular weight excluding hydrogens is 621 g/mol. The molecule has 2 heteroatoms. The van der Waals surface area contributed by atoms with Crippen molar-refractivity contribution in [2.45, 2.75) is 290 Å². The van der Waals surface area contributed by atoms with E-state index in [0.717, 1.165) is 19.3 Å². The molecule has 0 fully saturated rings. The molecule has 0 aliphatic carbocycles. The molecule has 0 aromatic carbocycles. The Labute approximate surface area is 323 Å². The summed E-state index contributed by atoms with van der Waals surface area (Å²) >= 11 is 0. The molecule has 0 atom stereocenters. The van der Waals surface area contributed by atoms with E-state index < -0.39 is 0 Å². The second-order valence-electron chi connectivity index (χ2n) is 16.5. The fraction of sp³-hybridized carbons (Fsp3) is 0.939. The van der Waals surface area contributed by atoms with Crippen molar-refractivity contribution in [3.63, 3.8) is 0 Å². The van der Waals surface area contributed by atoms with Crippen molar-refractivity contribution in [2.24, 2.45) is 0 Å². The predicted molar refractivity (Wildman–Crippen MR) is 230 cm³/mol. The van der Waals surface area contributed by atoms with Gasteiger partial charge in [0.05, 0.1) is 6.61 Å². The number of carbonyl (C=O) groups is 1. The zero-order valence-corrected chi connectivity index (χ0v) is 35.6. The normalized spacial score (nSPS) is 11.6. The van der Waals surface area contributed by atoms with Crippen LogP contribution in [0.1, 0.15) is 290 Å². The molecule has 0 saturated carbocycles. The van der Waals surface area contributed by atoms with Gasteiger partial charge >= 0.3 is 5.97 Å². The number of allylic oxidation sites excluding steroid dienone is 2. The number of carbonyl (C=O) groups excluding carboxylic acids is 1. The Morgan fingerprint density at radius 1 is 0.314 bits per heavy atom. The van der Waals surface area contributed by atoms with E-state index in [-0.39, 0.29) is 5.97 Å². The maximum atomic E-state index is 12.0. The topological polar surface area (TPSA) is 26.3 Å². The summed E-state index contributed by atoms with van der Waals surface area (Å²) in [6, 6.07) is 0. The van der Waals surface area contributed by atoms with E-state index in [1.54, 1.807) is 0 Å². The summed E-state index contributed by atoms with van der Waals surface area (Å²) in [6.45, 7) is 5.20. The zero-order valence-electron chi connectivity index (χ0n) is 35.6. The standard InChI is InChI=1S/C49H96O2/c1-3-5-7-9-11-13-15-17-18-19-20-21-22-23-24-25-26-27-28-29-30-31-32-33-34-36-38-40-42-44-46-48-51-49(50)47-45-43-41-39-37-35-16-14-12-10-8-6-4-2/h14,16H,3-13,15,17-48H2,1-2H3/b16-14-. The Bertz CT molecular complexity index is 655. The lowest BCUT2D eigenvalue weighted by Crippen LogP contribution is -2.05. The Kier molecular flexibility index (Phi) is 46.5. The fourth-order valence-electron chi connectivity index (χ4n) is 7.55. The number of hydrogen-bond donors (Lipinski definition) is 0. The third-order valence-corrected chi connectivity index (χ3v) is 11.2. The number of rotatable bonds is 45. The van der Waals surface area contributed by atoms with Crippen molar-refractivity contribution in [1.82, 2.24) is 0 Å². The van der Waals surface area contributed by atoms with E-state index in [2.05, 4.69) is 26.0 Å². The largest absolute Gasteiger partial charge is 0.466 e. The molecule has 0 rings (SSSR count). The zero-order chi connectivity index (χ0) is 36.8. The maximum Gasteiger partial charge on any atom is 0.305 e. The molecule has 0 radical (unpaired) electrons. The van der Waals surface area contributed by atoms with Crippen LogP contribution >= 0.6 is 0 Å². The van der Waals surface area contributed by atoms with Crippen LogP contribution in [-0.4, -0.2) is 12.6 Å². The highest BCUT2D eigenvalue weighted by Crippen LogP contribution is 2.17. The van der Waals surface area contributed by atoms with E-state index in [1.807, 2.05) is 0 Å². The highest BCUT2D eigenvalue weighted by molar-refractivity contribution is 5.69.